The SMILES string of the molecule is CCC12CCC(=O)C(C)=C1c1ccc3[nH]ncc3c1C2. The van der Waals surface area contributed by atoms with E-state index in [9.17, 15) is 4.79 Å². The highest BCUT2D eigenvalue weighted by Crippen LogP contribution is 2.56. The lowest BCUT2D eigenvalue weighted by Crippen LogP contribution is -2.27. The van der Waals surface area contributed by atoms with Crippen molar-refractivity contribution in [1.29, 1.82) is 0 Å². The van der Waals surface area contributed by atoms with Gasteiger partial charge in [-0.15, -0.1) is 0 Å². The number of ketones is 1. The van der Waals surface area contributed by atoms with Crippen LogP contribution in [0.15, 0.2) is 23.9 Å². The summed E-state index contributed by atoms with van der Waals surface area (Å²) in [7, 11) is 0. The number of allylic oxidation sites excluding steroid dienone is 2. The Morgan fingerprint density at radius 2 is 2.25 bits per heavy atom. The third-order valence-electron chi connectivity index (χ3n) is 5.35. The van der Waals surface area contributed by atoms with E-state index in [1.54, 1.807) is 0 Å². The van der Waals surface area contributed by atoms with Crippen LogP contribution in [0.25, 0.3) is 16.5 Å². The molecule has 0 radical (unpaired) electrons. The minimum absolute atomic E-state index is 0.172. The summed E-state index contributed by atoms with van der Waals surface area (Å²) in [6, 6.07) is 4.26. The molecule has 2 aliphatic carbocycles. The van der Waals surface area contributed by atoms with Crippen LogP contribution in [0.5, 0.6) is 0 Å². The Labute approximate surface area is 118 Å². The number of rotatable bonds is 1. The number of hydrogen-bond donors (Lipinski definition) is 1. The molecule has 3 heteroatoms. The van der Waals surface area contributed by atoms with Crippen molar-refractivity contribution in [2.24, 2.45) is 5.41 Å². The van der Waals surface area contributed by atoms with Crippen LogP contribution in [-0.2, 0) is 11.2 Å². The Hall–Kier alpha value is -1.90. The average molecular weight is 266 g/mol. The van der Waals surface area contributed by atoms with Gasteiger partial charge in [-0.1, -0.05) is 13.0 Å². The zero-order valence-corrected chi connectivity index (χ0v) is 11.9. The molecule has 20 heavy (non-hydrogen) atoms. The molecule has 4 rings (SSSR count). The van der Waals surface area contributed by atoms with Gasteiger partial charge in [0.2, 0.25) is 0 Å². The fourth-order valence-electron chi connectivity index (χ4n) is 4.18. The summed E-state index contributed by atoms with van der Waals surface area (Å²) in [6.07, 6.45) is 5.76. The summed E-state index contributed by atoms with van der Waals surface area (Å²) in [5, 5.41) is 8.44. The topological polar surface area (TPSA) is 45.8 Å². The molecule has 1 N–H and O–H groups in total. The van der Waals surface area contributed by atoms with Crippen LogP contribution in [0.4, 0.5) is 0 Å². The first-order chi connectivity index (χ1) is 9.66. The second-order valence-electron chi connectivity index (χ2n) is 6.16. The predicted molar refractivity (Wildman–Crippen MR) is 79.4 cm³/mol. The standard InChI is InChI=1S/C17H18N2O/c1-3-17-7-6-15(20)10(2)16(17)11-4-5-14-13(9-18-19-14)12(11)8-17/h4-5,9H,3,6-8H2,1-2H3,(H,18,19). The van der Waals surface area contributed by atoms with Gasteiger partial charge in [0.25, 0.3) is 0 Å². The maximum Gasteiger partial charge on any atom is 0.158 e. The molecule has 0 amide bonds. The average Bonchev–Trinajstić information content (AvgIpc) is 3.05. The number of nitrogens with one attached hydrogen (secondary N) is 1. The number of benzene rings is 1. The molecule has 3 nitrogen and oxygen atoms in total. The van der Waals surface area contributed by atoms with Crippen LogP contribution < -0.4 is 0 Å². The smallest absolute Gasteiger partial charge is 0.158 e. The molecule has 1 aromatic carbocycles. The number of carbonyl (C=O) groups excluding carboxylic acids is 1. The lowest BCUT2D eigenvalue weighted by atomic mass is 9.68. The highest BCUT2D eigenvalue weighted by atomic mass is 16.1. The van der Waals surface area contributed by atoms with Gasteiger partial charge in [0.05, 0.1) is 11.7 Å². The monoisotopic (exact) mass is 266 g/mol. The van der Waals surface area contributed by atoms with Gasteiger partial charge in [0, 0.05) is 17.2 Å². The van der Waals surface area contributed by atoms with E-state index in [0.29, 0.717) is 12.2 Å². The Bertz CT molecular complexity index is 768. The number of hydrogen-bond acceptors (Lipinski definition) is 2. The maximum atomic E-state index is 12.1. The number of H-pyrrole nitrogens is 1. The molecule has 0 saturated heterocycles. The quantitative estimate of drug-likeness (QED) is 0.856. The van der Waals surface area contributed by atoms with Crippen LogP contribution in [0.2, 0.25) is 0 Å². The van der Waals surface area contributed by atoms with Crippen molar-refractivity contribution in [3.63, 3.8) is 0 Å². The lowest BCUT2D eigenvalue weighted by molar-refractivity contribution is -0.116. The van der Waals surface area contributed by atoms with Crippen LogP contribution in [0, 0.1) is 5.41 Å². The number of fused-ring (bicyclic) bond motifs is 5. The minimum Gasteiger partial charge on any atom is -0.295 e. The third kappa shape index (κ3) is 1.30. The van der Waals surface area contributed by atoms with E-state index in [4.69, 9.17) is 0 Å². The normalized spacial score (nSPS) is 25.2. The van der Waals surface area contributed by atoms with Crippen molar-refractivity contribution in [2.45, 2.75) is 39.5 Å². The second-order valence-corrected chi connectivity index (χ2v) is 6.16. The zero-order valence-electron chi connectivity index (χ0n) is 11.9. The predicted octanol–water partition coefficient (Wildman–Crippen LogP) is 3.65. The van der Waals surface area contributed by atoms with Crippen LogP contribution in [0.3, 0.4) is 0 Å². The fourth-order valence-corrected chi connectivity index (χ4v) is 4.18. The molecule has 0 saturated carbocycles. The number of carbonyl (C=O) groups is 1. The summed E-state index contributed by atoms with van der Waals surface area (Å²) in [5.74, 6) is 0.323. The molecule has 0 aliphatic heterocycles. The van der Waals surface area contributed by atoms with Crippen LogP contribution in [-0.4, -0.2) is 16.0 Å². The molecule has 2 aliphatic rings. The summed E-state index contributed by atoms with van der Waals surface area (Å²) in [6.45, 7) is 4.26. The number of aromatic amines is 1. The van der Waals surface area contributed by atoms with Crippen molar-refractivity contribution in [2.75, 3.05) is 0 Å². The molecule has 0 fully saturated rings. The summed E-state index contributed by atoms with van der Waals surface area (Å²) < 4.78 is 0. The summed E-state index contributed by atoms with van der Waals surface area (Å²) in [4.78, 5) is 12.1. The third-order valence-corrected chi connectivity index (χ3v) is 5.35. The van der Waals surface area contributed by atoms with Gasteiger partial charge in [0.1, 0.15) is 0 Å². The Kier molecular flexibility index (Phi) is 2.27. The molecule has 1 aromatic heterocycles. The van der Waals surface area contributed by atoms with Gasteiger partial charge < -0.3 is 0 Å². The van der Waals surface area contributed by atoms with E-state index in [1.165, 1.54) is 22.1 Å². The van der Waals surface area contributed by atoms with E-state index in [2.05, 4.69) is 29.3 Å². The molecule has 0 spiro atoms. The van der Waals surface area contributed by atoms with Gasteiger partial charge in [-0.25, -0.2) is 0 Å². The van der Waals surface area contributed by atoms with Gasteiger partial charge in [-0.2, -0.15) is 5.10 Å². The van der Waals surface area contributed by atoms with Crippen molar-refractivity contribution in [1.82, 2.24) is 10.2 Å². The molecular formula is C17H18N2O. The summed E-state index contributed by atoms with van der Waals surface area (Å²) in [5.41, 5.74) is 6.23. The molecule has 1 unspecified atom stereocenters. The van der Waals surface area contributed by atoms with Crippen LogP contribution >= 0.6 is 0 Å². The number of nitrogens with zero attached hydrogens (tertiary/aromatic N) is 1. The van der Waals surface area contributed by atoms with E-state index < -0.39 is 0 Å². The first-order valence-electron chi connectivity index (χ1n) is 7.36. The molecule has 2 aromatic rings. The van der Waals surface area contributed by atoms with Gasteiger partial charge >= 0.3 is 0 Å². The number of aromatic nitrogens is 2. The Morgan fingerprint density at radius 1 is 1.40 bits per heavy atom. The van der Waals surface area contributed by atoms with Crippen molar-refractivity contribution < 1.29 is 4.79 Å². The van der Waals surface area contributed by atoms with E-state index >= 15 is 0 Å². The molecule has 1 heterocycles. The minimum atomic E-state index is 0.172. The molecule has 1 atom stereocenters. The summed E-state index contributed by atoms with van der Waals surface area (Å²) >= 11 is 0. The van der Waals surface area contributed by atoms with Crippen molar-refractivity contribution >= 4 is 22.3 Å². The Balaban J connectivity index is 2.07. The molecule has 102 valence electrons. The highest BCUT2D eigenvalue weighted by molar-refractivity contribution is 6.07. The van der Waals surface area contributed by atoms with E-state index in [-0.39, 0.29) is 5.41 Å². The van der Waals surface area contributed by atoms with Gasteiger partial charge in [-0.05, 0) is 54.5 Å². The van der Waals surface area contributed by atoms with Crippen molar-refractivity contribution in [3.8, 4) is 0 Å². The number of Topliss-reactive ketones (excluding diaryl/α,β-unsaturated/α-hetero) is 1. The van der Waals surface area contributed by atoms with Crippen LogP contribution in [0.1, 0.15) is 44.2 Å². The first kappa shape index (κ1) is 11.9. The maximum absolute atomic E-state index is 12.1. The fraction of sp³-hybridized carbons (Fsp3) is 0.412. The Morgan fingerprint density at radius 3 is 3.05 bits per heavy atom. The zero-order chi connectivity index (χ0) is 13.9. The lowest BCUT2D eigenvalue weighted by Gasteiger charge is -2.34. The highest BCUT2D eigenvalue weighted by Gasteiger charge is 2.45. The second kappa shape index (κ2) is 3.81. The van der Waals surface area contributed by atoms with E-state index in [0.717, 1.165) is 30.4 Å². The molecule has 0 bridgehead atoms. The van der Waals surface area contributed by atoms with Crippen molar-refractivity contribution in [3.05, 3.63) is 35.0 Å². The van der Waals surface area contributed by atoms with E-state index in [1.807, 2.05) is 13.1 Å². The molecular weight excluding hydrogens is 248 g/mol. The largest absolute Gasteiger partial charge is 0.295 e. The first-order valence-corrected chi connectivity index (χ1v) is 7.36. The van der Waals surface area contributed by atoms with Gasteiger partial charge in [0.15, 0.2) is 5.78 Å². The van der Waals surface area contributed by atoms with Gasteiger partial charge in [-0.3, -0.25) is 9.89 Å².